The van der Waals surface area contributed by atoms with Crippen LogP contribution in [0.5, 0.6) is 0 Å². The van der Waals surface area contributed by atoms with E-state index in [1.54, 1.807) is 6.92 Å². The lowest BCUT2D eigenvalue weighted by atomic mass is 9.84. The summed E-state index contributed by atoms with van der Waals surface area (Å²) in [5.41, 5.74) is 0.968. The van der Waals surface area contributed by atoms with Gasteiger partial charge < -0.3 is 19.5 Å². The number of aliphatic hydroxyl groups is 2. The monoisotopic (exact) mass is 530 g/mol. The van der Waals surface area contributed by atoms with Gasteiger partial charge in [0.15, 0.2) is 0 Å². The number of carbonyl (C=O) groups excluding carboxylic acids is 1. The van der Waals surface area contributed by atoms with Gasteiger partial charge in [-0.25, -0.2) is 8.78 Å². The number of carbonyl (C=O) groups is 1. The van der Waals surface area contributed by atoms with Gasteiger partial charge in [0.25, 0.3) is 5.92 Å². The van der Waals surface area contributed by atoms with Crippen LogP contribution in [0, 0.1) is 17.8 Å². The van der Waals surface area contributed by atoms with Crippen molar-refractivity contribution in [3.05, 3.63) is 35.9 Å². The fraction of sp³-hybridized carbons (Fsp3) is 0.750. The molecular formula is C28H45F2O5P. The number of esters is 1. The van der Waals surface area contributed by atoms with Gasteiger partial charge in [-0.2, -0.15) is 0 Å². The molecule has 7 atom stereocenters. The molecule has 0 aliphatic heterocycles. The first-order valence-corrected chi connectivity index (χ1v) is 13.9. The number of aliphatic hydroxyl groups excluding tert-OH is 2. The van der Waals surface area contributed by atoms with Gasteiger partial charge in [0.05, 0.1) is 12.2 Å². The number of hydrogen-bond donors (Lipinski definition) is 2. The summed E-state index contributed by atoms with van der Waals surface area (Å²) in [7, 11) is 2.24. The van der Waals surface area contributed by atoms with Crippen LogP contribution in [0.2, 0.25) is 0 Å². The molecule has 2 N–H and O–H groups in total. The first-order valence-electron chi connectivity index (χ1n) is 13.5. The SMILES string of the molecule is CC[C@H](C)CC(F)(F)C(O)CC[C@@H]1C(CCCCCCC(=O)OCc2ccccc2)[C@@H](O)C[C@H]1OP. The minimum absolute atomic E-state index is 0.00700. The first kappa shape index (κ1) is 31.1. The van der Waals surface area contributed by atoms with Crippen LogP contribution in [0.4, 0.5) is 8.78 Å². The van der Waals surface area contributed by atoms with E-state index in [1.165, 1.54) is 0 Å². The lowest BCUT2D eigenvalue weighted by Crippen LogP contribution is -2.36. The second kappa shape index (κ2) is 16.0. The minimum atomic E-state index is -3.11. The smallest absolute Gasteiger partial charge is 0.306 e. The second-order valence-electron chi connectivity index (χ2n) is 10.5. The Morgan fingerprint density at radius 2 is 1.83 bits per heavy atom. The number of unbranched alkanes of at least 4 members (excludes halogenated alkanes) is 3. The Bertz CT molecular complexity index is 751. The third kappa shape index (κ3) is 10.3. The predicted molar refractivity (Wildman–Crippen MR) is 140 cm³/mol. The van der Waals surface area contributed by atoms with Gasteiger partial charge in [-0.05, 0) is 49.0 Å². The van der Waals surface area contributed by atoms with Crippen LogP contribution in [0.25, 0.3) is 0 Å². The summed E-state index contributed by atoms with van der Waals surface area (Å²) in [5.74, 6) is -3.57. The average molecular weight is 531 g/mol. The van der Waals surface area contributed by atoms with E-state index < -0.39 is 18.1 Å². The standard InChI is InChI=1S/C28H45F2O5P/c1-3-20(2)18-28(29,30)26(32)16-15-23-22(24(31)17-25(23)35-36)13-9-4-5-10-14-27(33)34-19-21-11-7-6-8-12-21/h6-8,11-12,20,22-26,31-32H,3-5,9-10,13-19,36H2,1-2H3/t20-,22?,23+,24-,25+,26?/m0/s1. The van der Waals surface area contributed by atoms with Gasteiger partial charge in [0.2, 0.25) is 0 Å². The lowest BCUT2D eigenvalue weighted by molar-refractivity contribution is -0.145. The van der Waals surface area contributed by atoms with E-state index in [1.807, 2.05) is 37.3 Å². The molecule has 36 heavy (non-hydrogen) atoms. The van der Waals surface area contributed by atoms with Crippen LogP contribution in [-0.2, 0) is 20.7 Å². The maximum Gasteiger partial charge on any atom is 0.306 e. The van der Waals surface area contributed by atoms with Crippen LogP contribution in [0.3, 0.4) is 0 Å². The van der Waals surface area contributed by atoms with Crippen molar-refractivity contribution in [2.75, 3.05) is 0 Å². The van der Waals surface area contributed by atoms with Gasteiger partial charge in [-0.15, -0.1) is 0 Å². The Labute approximate surface area is 217 Å². The Morgan fingerprint density at radius 3 is 2.50 bits per heavy atom. The molecule has 1 aromatic rings. The number of benzene rings is 1. The topological polar surface area (TPSA) is 76.0 Å². The van der Waals surface area contributed by atoms with Crippen LogP contribution < -0.4 is 0 Å². The zero-order chi connectivity index (χ0) is 26.6. The highest BCUT2D eigenvalue weighted by Crippen LogP contribution is 2.42. The fourth-order valence-corrected chi connectivity index (χ4v) is 5.54. The molecule has 1 aromatic carbocycles. The van der Waals surface area contributed by atoms with E-state index in [9.17, 15) is 23.8 Å². The summed E-state index contributed by atoms with van der Waals surface area (Å²) in [6, 6.07) is 9.58. The Kier molecular flexibility index (Phi) is 13.8. The van der Waals surface area contributed by atoms with Crippen molar-refractivity contribution in [1.82, 2.24) is 0 Å². The summed E-state index contributed by atoms with van der Waals surface area (Å²) < 4.78 is 39.6. The molecule has 0 saturated heterocycles. The minimum Gasteiger partial charge on any atom is -0.461 e. The third-order valence-corrected chi connectivity index (χ3v) is 8.01. The van der Waals surface area contributed by atoms with Crippen LogP contribution in [-0.4, -0.2) is 40.4 Å². The number of ether oxygens (including phenoxy) is 1. The van der Waals surface area contributed by atoms with Crippen molar-refractivity contribution in [3.8, 4) is 0 Å². The van der Waals surface area contributed by atoms with Crippen molar-refractivity contribution in [1.29, 1.82) is 0 Å². The second-order valence-corrected chi connectivity index (χ2v) is 10.7. The molecule has 0 aromatic heterocycles. The van der Waals surface area contributed by atoms with E-state index in [2.05, 4.69) is 9.47 Å². The Morgan fingerprint density at radius 1 is 1.14 bits per heavy atom. The molecule has 0 heterocycles. The van der Waals surface area contributed by atoms with E-state index in [4.69, 9.17) is 9.26 Å². The summed E-state index contributed by atoms with van der Waals surface area (Å²) in [6.07, 6.45) is 3.36. The first-order chi connectivity index (χ1) is 17.2. The number of rotatable bonds is 17. The summed E-state index contributed by atoms with van der Waals surface area (Å²) in [6.45, 7) is 3.93. The molecule has 0 bridgehead atoms. The van der Waals surface area contributed by atoms with Gasteiger partial charge in [-0.1, -0.05) is 69.9 Å². The molecule has 1 aliphatic carbocycles. The highest BCUT2D eigenvalue weighted by molar-refractivity contribution is 7.09. The van der Waals surface area contributed by atoms with Gasteiger partial charge in [-0.3, -0.25) is 4.79 Å². The van der Waals surface area contributed by atoms with Crippen molar-refractivity contribution >= 4 is 15.4 Å². The molecular weight excluding hydrogens is 485 g/mol. The molecule has 0 amide bonds. The van der Waals surface area contributed by atoms with E-state index in [0.29, 0.717) is 25.7 Å². The van der Waals surface area contributed by atoms with E-state index in [-0.39, 0.29) is 49.3 Å². The molecule has 3 unspecified atom stereocenters. The fourth-order valence-electron chi connectivity index (χ4n) is 5.23. The molecule has 2 rings (SSSR count). The Hall–Kier alpha value is -1.14. The molecule has 0 radical (unpaired) electrons. The summed E-state index contributed by atoms with van der Waals surface area (Å²) in [4.78, 5) is 11.9. The summed E-state index contributed by atoms with van der Waals surface area (Å²) in [5, 5.41) is 20.8. The third-order valence-electron chi connectivity index (χ3n) is 7.66. The maximum absolute atomic E-state index is 14.4. The highest BCUT2D eigenvalue weighted by atomic mass is 31.0. The van der Waals surface area contributed by atoms with E-state index >= 15 is 0 Å². The normalized spacial score (nSPS) is 24.0. The molecule has 0 spiro atoms. The zero-order valence-electron chi connectivity index (χ0n) is 21.8. The van der Waals surface area contributed by atoms with Gasteiger partial charge in [0.1, 0.15) is 12.7 Å². The quantitative estimate of drug-likeness (QED) is 0.137. The molecule has 1 saturated carbocycles. The highest BCUT2D eigenvalue weighted by Gasteiger charge is 2.44. The molecule has 206 valence electrons. The van der Waals surface area contributed by atoms with Crippen LogP contribution in [0.15, 0.2) is 30.3 Å². The zero-order valence-corrected chi connectivity index (χ0v) is 22.9. The summed E-state index contributed by atoms with van der Waals surface area (Å²) >= 11 is 0. The van der Waals surface area contributed by atoms with E-state index in [0.717, 1.165) is 37.7 Å². The van der Waals surface area contributed by atoms with Gasteiger partial charge >= 0.3 is 5.97 Å². The van der Waals surface area contributed by atoms with Crippen molar-refractivity contribution in [2.24, 2.45) is 17.8 Å². The largest absolute Gasteiger partial charge is 0.461 e. The predicted octanol–water partition coefficient (Wildman–Crippen LogP) is 6.46. The molecule has 1 aliphatic rings. The number of hydrogen-bond acceptors (Lipinski definition) is 5. The van der Waals surface area contributed by atoms with Crippen LogP contribution >= 0.6 is 9.47 Å². The molecule has 1 fully saturated rings. The maximum atomic E-state index is 14.4. The van der Waals surface area contributed by atoms with Crippen LogP contribution in [0.1, 0.15) is 90.0 Å². The number of halogens is 2. The van der Waals surface area contributed by atoms with Crippen molar-refractivity contribution in [2.45, 2.75) is 115 Å². The lowest BCUT2D eigenvalue weighted by Gasteiger charge is -2.29. The van der Waals surface area contributed by atoms with Crippen molar-refractivity contribution in [3.63, 3.8) is 0 Å². The number of alkyl halides is 2. The molecule has 5 nitrogen and oxygen atoms in total. The average Bonchev–Trinajstić information content (AvgIpc) is 3.17. The van der Waals surface area contributed by atoms with Crippen molar-refractivity contribution < 1.29 is 33.0 Å². The molecule has 8 heteroatoms. The Balaban J connectivity index is 1.71. The van der Waals surface area contributed by atoms with Gasteiger partial charge in [0, 0.05) is 28.7 Å².